The number of halogens is 7. The predicted molar refractivity (Wildman–Crippen MR) is 128 cm³/mol. The second kappa shape index (κ2) is 10.8. The van der Waals surface area contributed by atoms with Crippen LogP contribution in [0, 0.1) is 5.41 Å². The van der Waals surface area contributed by atoms with Crippen molar-refractivity contribution in [2.75, 3.05) is 30.5 Å². The molecule has 0 radical (unpaired) electrons. The van der Waals surface area contributed by atoms with Gasteiger partial charge in [-0.05, 0) is 49.6 Å². The van der Waals surface area contributed by atoms with Gasteiger partial charge in [0, 0.05) is 17.0 Å². The Balaban J connectivity index is 2.00. The summed E-state index contributed by atoms with van der Waals surface area (Å²) < 4.78 is 83.3. The molecule has 0 aliphatic carbocycles. The Bertz CT molecular complexity index is 1200. The number of hydrogen-bond donors (Lipinski definition) is 1. The van der Waals surface area contributed by atoms with Gasteiger partial charge in [-0.2, -0.15) is 43.2 Å². The van der Waals surface area contributed by atoms with E-state index in [0.29, 0.717) is 0 Å². The minimum Gasteiger partial charge on any atom is -0.465 e. The van der Waals surface area contributed by atoms with Crippen molar-refractivity contribution in [1.29, 1.82) is 0 Å². The number of hydrazone groups is 1. The minimum absolute atomic E-state index is 0.00619. The van der Waals surface area contributed by atoms with Crippen LogP contribution in [-0.2, 0) is 21.9 Å². The highest BCUT2D eigenvalue weighted by Gasteiger charge is 2.52. The molecule has 0 saturated heterocycles. The molecule has 1 aliphatic rings. The van der Waals surface area contributed by atoms with E-state index >= 15 is 0 Å². The first kappa shape index (κ1) is 28.6. The molecule has 0 saturated carbocycles. The molecule has 1 heterocycles. The van der Waals surface area contributed by atoms with Gasteiger partial charge in [0.1, 0.15) is 5.41 Å². The van der Waals surface area contributed by atoms with Crippen LogP contribution in [0.1, 0.15) is 23.6 Å². The van der Waals surface area contributed by atoms with Gasteiger partial charge >= 0.3 is 24.4 Å². The summed E-state index contributed by atoms with van der Waals surface area (Å²) in [5.74, 6) is -0.683. The summed E-state index contributed by atoms with van der Waals surface area (Å²) in [7, 11) is 0. The van der Waals surface area contributed by atoms with Crippen molar-refractivity contribution in [2.45, 2.75) is 19.3 Å². The van der Waals surface area contributed by atoms with Crippen LogP contribution in [-0.4, -0.2) is 47.9 Å². The number of nitrogens with one attached hydrogen (secondary N) is 1. The van der Waals surface area contributed by atoms with Crippen molar-refractivity contribution in [3.63, 3.8) is 0 Å². The van der Waals surface area contributed by atoms with E-state index in [2.05, 4.69) is 10.4 Å². The first-order chi connectivity index (χ1) is 17.2. The molecule has 2 aromatic rings. The third kappa shape index (κ3) is 6.15. The summed E-state index contributed by atoms with van der Waals surface area (Å²) >= 11 is 7.11. The Morgan fingerprint density at radius 2 is 1.76 bits per heavy atom. The van der Waals surface area contributed by atoms with Crippen LogP contribution in [0.5, 0.6) is 0 Å². The molecular formula is C23H20ClF6N3O3S. The summed E-state index contributed by atoms with van der Waals surface area (Å²) in [4.78, 5) is 26.1. The first-order valence-electron chi connectivity index (χ1n) is 10.6. The van der Waals surface area contributed by atoms with Gasteiger partial charge in [0.25, 0.3) is 0 Å². The average molecular weight is 568 g/mol. The highest BCUT2D eigenvalue weighted by molar-refractivity contribution is 7.98. The minimum atomic E-state index is -4.71. The highest BCUT2D eigenvalue weighted by Crippen LogP contribution is 2.40. The molecule has 0 aromatic heterocycles. The molecule has 0 spiro atoms. The lowest BCUT2D eigenvalue weighted by Gasteiger charge is -2.28. The van der Waals surface area contributed by atoms with Crippen LogP contribution in [0.25, 0.3) is 0 Å². The van der Waals surface area contributed by atoms with E-state index in [1.807, 2.05) is 0 Å². The SMILES string of the molecule is CCOC(=O)C1(CSC)CN(C(=O)Nc2ccc(C(F)(F)F)cc2)N=C1c1ccc(C(F)(F)F)c(Cl)c1. The lowest BCUT2D eigenvalue weighted by molar-refractivity contribution is -0.150. The van der Waals surface area contributed by atoms with E-state index in [-0.39, 0.29) is 35.9 Å². The van der Waals surface area contributed by atoms with Crippen LogP contribution in [0.15, 0.2) is 47.6 Å². The molecule has 0 fully saturated rings. The van der Waals surface area contributed by atoms with Crippen LogP contribution in [0.3, 0.4) is 0 Å². The van der Waals surface area contributed by atoms with Crippen molar-refractivity contribution in [3.8, 4) is 0 Å². The topological polar surface area (TPSA) is 71.0 Å². The molecule has 14 heteroatoms. The van der Waals surface area contributed by atoms with E-state index in [9.17, 15) is 35.9 Å². The fourth-order valence-electron chi connectivity index (χ4n) is 3.71. The zero-order valence-corrected chi connectivity index (χ0v) is 20.9. The first-order valence-corrected chi connectivity index (χ1v) is 12.4. The van der Waals surface area contributed by atoms with Gasteiger partial charge in [0.2, 0.25) is 0 Å². The second-order valence-electron chi connectivity index (χ2n) is 7.94. The third-order valence-electron chi connectivity index (χ3n) is 5.40. The Labute approximate surface area is 217 Å². The van der Waals surface area contributed by atoms with E-state index in [1.165, 1.54) is 11.8 Å². The van der Waals surface area contributed by atoms with Crippen molar-refractivity contribution in [3.05, 3.63) is 64.2 Å². The lowest BCUT2D eigenvalue weighted by atomic mass is 9.81. The fraction of sp³-hybridized carbons (Fsp3) is 0.348. The molecular weight excluding hydrogens is 548 g/mol. The van der Waals surface area contributed by atoms with Crippen molar-refractivity contribution in [2.24, 2.45) is 10.5 Å². The van der Waals surface area contributed by atoms with E-state index in [1.54, 1.807) is 13.2 Å². The fourth-order valence-corrected chi connectivity index (χ4v) is 4.83. The smallest absolute Gasteiger partial charge is 0.417 e. The second-order valence-corrected chi connectivity index (χ2v) is 9.21. The van der Waals surface area contributed by atoms with Crippen LogP contribution >= 0.6 is 23.4 Å². The normalized spacial score (nSPS) is 18.0. The number of esters is 1. The Morgan fingerprint density at radius 1 is 1.11 bits per heavy atom. The van der Waals surface area contributed by atoms with Crippen LogP contribution in [0.4, 0.5) is 36.8 Å². The number of carbonyl (C=O) groups is 2. The third-order valence-corrected chi connectivity index (χ3v) is 6.49. The number of nitrogens with zero attached hydrogens (tertiary/aromatic N) is 2. The standard InChI is InChI=1S/C23H20ClF6N3O3S/c1-3-36-19(34)21(12-37-2)11-33(20(35)31-15-7-5-14(6-8-15)22(25,26)27)32-18(21)13-4-9-16(17(24)10-13)23(28,29)30/h4-10H,3,11-12H2,1-2H3,(H,31,35). The number of rotatable bonds is 6. The maximum absolute atomic E-state index is 13.2. The lowest BCUT2D eigenvalue weighted by Crippen LogP contribution is -2.46. The number of anilines is 1. The maximum Gasteiger partial charge on any atom is 0.417 e. The molecule has 2 amide bonds. The zero-order chi connectivity index (χ0) is 27.6. The molecule has 1 N–H and O–H groups in total. The van der Waals surface area contributed by atoms with Gasteiger partial charge < -0.3 is 10.1 Å². The van der Waals surface area contributed by atoms with E-state index in [0.717, 1.165) is 47.5 Å². The number of alkyl halides is 6. The summed E-state index contributed by atoms with van der Waals surface area (Å²) in [6, 6.07) is 5.66. The van der Waals surface area contributed by atoms with E-state index < -0.39 is 45.9 Å². The number of carbonyl (C=O) groups excluding carboxylic acids is 2. The monoisotopic (exact) mass is 567 g/mol. The number of benzene rings is 2. The predicted octanol–water partition coefficient (Wildman–Crippen LogP) is 6.54. The molecule has 3 rings (SSSR count). The summed E-state index contributed by atoms with van der Waals surface area (Å²) in [5.41, 5.74) is -3.46. The molecule has 2 aromatic carbocycles. The van der Waals surface area contributed by atoms with Gasteiger partial charge in [-0.1, -0.05) is 17.7 Å². The van der Waals surface area contributed by atoms with Crippen molar-refractivity contribution in [1.82, 2.24) is 5.01 Å². The number of urea groups is 1. The number of ether oxygens (including phenoxy) is 1. The number of hydrogen-bond acceptors (Lipinski definition) is 5. The zero-order valence-electron chi connectivity index (χ0n) is 19.3. The van der Waals surface area contributed by atoms with Gasteiger partial charge in [-0.3, -0.25) is 4.79 Å². The Morgan fingerprint density at radius 3 is 2.27 bits per heavy atom. The molecule has 6 nitrogen and oxygen atoms in total. The highest BCUT2D eigenvalue weighted by atomic mass is 35.5. The Hall–Kier alpha value is -2.93. The number of amides is 2. The van der Waals surface area contributed by atoms with Crippen LogP contribution in [0.2, 0.25) is 5.02 Å². The number of thioether (sulfide) groups is 1. The largest absolute Gasteiger partial charge is 0.465 e. The quantitative estimate of drug-likeness (QED) is 0.318. The summed E-state index contributed by atoms with van der Waals surface area (Å²) in [6.07, 6.45) is -7.59. The van der Waals surface area contributed by atoms with Crippen LogP contribution < -0.4 is 5.32 Å². The molecule has 1 aliphatic heterocycles. The van der Waals surface area contributed by atoms with Gasteiger partial charge in [0.15, 0.2) is 0 Å². The molecule has 0 bridgehead atoms. The van der Waals surface area contributed by atoms with Gasteiger partial charge in [-0.25, -0.2) is 9.80 Å². The summed E-state index contributed by atoms with van der Waals surface area (Å²) in [5, 5.41) is 6.89. The van der Waals surface area contributed by atoms with E-state index in [4.69, 9.17) is 16.3 Å². The Kier molecular flexibility index (Phi) is 8.37. The average Bonchev–Trinajstić information content (AvgIpc) is 3.19. The molecule has 37 heavy (non-hydrogen) atoms. The molecule has 200 valence electrons. The van der Waals surface area contributed by atoms with Gasteiger partial charge in [0.05, 0.1) is 35.0 Å². The molecule has 1 atom stereocenters. The molecule has 1 unspecified atom stereocenters. The van der Waals surface area contributed by atoms with Gasteiger partial charge in [-0.15, -0.1) is 0 Å². The summed E-state index contributed by atoms with van der Waals surface area (Å²) in [6.45, 7) is 1.24. The van der Waals surface area contributed by atoms with Crippen molar-refractivity contribution >= 4 is 46.8 Å². The maximum atomic E-state index is 13.2. The van der Waals surface area contributed by atoms with Crippen molar-refractivity contribution < 1.29 is 40.7 Å².